The van der Waals surface area contributed by atoms with E-state index < -0.39 is 65.0 Å². The van der Waals surface area contributed by atoms with Crippen molar-refractivity contribution in [2.45, 2.75) is 56.5 Å². The van der Waals surface area contributed by atoms with Gasteiger partial charge in [-0.1, -0.05) is 0 Å². The van der Waals surface area contributed by atoms with Crippen LogP contribution in [-0.2, 0) is 21.9 Å². The van der Waals surface area contributed by atoms with Crippen molar-refractivity contribution in [3.63, 3.8) is 0 Å². The van der Waals surface area contributed by atoms with Crippen molar-refractivity contribution >= 4 is 17.5 Å². The van der Waals surface area contributed by atoms with Crippen molar-refractivity contribution in [1.29, 1.82) is 0 Å². The maximum Gasteiger partial charge on any atom is 0.423 e. The van der Waals surface area contributed by atoms with Gasteiger partial charge in [-0.15, -0.1) is 0 Å². The third kappa shape index (κ3) is 6.39. The minimum absolute atomic E-state index is 0.0520. The molecule has 4 atom stereocenters. The first-order chi connectivity index (χ1) is 18.3. The predicted octanol–water partition coefficient (Wildman–Crippen LogP) is 2.63. The number of halogens is 7. The van der Waals surface area contributed by atoms with Crippen molar-refractivity contribution in [2.75, 3.05) is 36.5 Å². The number of hydrogen-bond acceptors (Lipinski definition) is 8. The number of carbonyl (C=O) groups is 1. The quantitative estimate of drug-likeness (QED) is 0.491. The van der Waals surface area contributed by atoms with E-state index in [1.165, 1.54) is 16.7 Å². The first kappa shape index (κ1) is 28.5. The lowest BCUT2D eigenvalue weighted by Gasteiger charge is -2.39. The number of aromatic amines is 1. The normalized spacial score (nSPS) is 23.3. The zero-order valence-electron chi connectivity index (χ0n) is 20.4. The van der Waals surface area contributed by atoms with Crippen molar-refractivity contribution in [3.05, 3.63) is 40.1 Å². The van der Waals surface area contributed by atoms with Gasteiger partial charge in [0.1, 0.15) is 17.8 Å². The molecule has 2 fully saturated rings. The van der Waals surface area contributed by atoms with Gasteiger partial charge in [0.25, 0.3) is 11.5 Å². The van der Waals surface area contributed by atoms with Gasteiger partial charge in [0.05, 0.1) is 36.6 Å². The first-order valence-electron chi connectivity index (χ1n) is 11.9. The highest BCUT2D eigenvalue weighted by molar-refractivity contribution is 5.83. The molecule has 2 aromatic rings. The molecule has 2 aliphatic heterocycles. The van der Waals surface area contributed by atoms with Crippen molar-refractivity contribution in [1.82, 2.24) is 25.1 Å². The second-order valence-electron chi connectivity index (χ2n) is 9.26. The van der Waals surface area contributed by atoms with Crippen LogP contribution in [0.1, 0.15) is 30.9 Å². The predicted molar refractivity (Wildman–Crippen MR) is 122 cm³/mol. The minimum atomic E-state index is -4.92. The van der Waals surface area contributed by atoms with Gasteiger partial charge in [-0.3, -0.25) is 9.59 Å². The summed E-state index contributed by atoms with van der Waals surface area (Å²) >= 11 is 0. The second-order valence-corrected chi connectivity index (χ2v) is 9.26. The number of nitrogens with one attached hydrogen (secondary N) is 2. The number of anilines is 2. The lowest BCUT2D eigenvalue weighted by Crippen LogP contribution is -2.54. The molecule has 2 saturated heterocycles. The van der Waals surface area contributed by atoms with E-state index in [2.05, 4.69) is 20.4 Å². The van der Waals surface area contributed by atoms with Crippen LogP contribution in [0.5, 0.6) is 0 Å². The zero-order valence-corrected chi connectivity index (χ0v) is 20.4. The van der Waals surface area contributed by atoms with Gasteiger partial charge in [0, 0.05) is 37.9 Å². The number of carbonyl (C=O) groups excluding carboxylic acids is 1. The van der Waals surface area contributed by atoms with E-state index in [9.17, 15) is 35.9 Å². The average molecular weight is 567 g/mol. The van der Waals surface area contributed by atoms with Crippen molar-refractivity contribution < 1.29 is 40.3 Å². The number of ether oxygens (including phenoxy) is 1. The van der Waals surface area contributed by atoms with Crippen molar-refractivity contribution in [3.8, 4) is 0 Å². The fourth-order valence-corrected chi connectivity index (χ4v) is 4.57. The van der Waals surface area contributed by atoms with Gasteiger partial charge in [0.2, 0.25) is 5.95 Å². The third-order valence-electron chi connectivity index (χ3n) is 6.44. The Kier molecular flexibility index (Phi) is 7.99. The second kappa shape index (κ2) is 10.9. The van der Waals surface area contributed by atoms with Crippen LogP contribution in [0.2, 0.25) is 0 Å². The molecule has 2 aliphatic rings. The van der Waals surface area contributed by atoms with Crippen LogP contribution in [0, 0.1) is 0 Å². The van der Waals surface area contributed by atoms with Crippen LogP contribution in [0.4, 0.5) is 42.4 Å². The SMILES string of the molecule is CC(COC1CCN([C@H]2CCN(c3ncc(C(F)(F)F)cn3)C[C@H]2F)C1=O)Nc1cn[nH]c(=O)c1C(F)(F)F. The van der Waals surface area contributed by atoms with Crippen LogP contribution in [-0.4, -0.2) is 81.6 Å². The summed E-state index contributed by atoms with van der Waals surface area (Å²) in [5.74, 6) is -0.522. The fourth-order valence-electron chi connectivity index (χ4n) is 4.57. The summed E-state index contributed by atoms with van der Waals surface area (Å²) in [5.41, 5.74) is -4.40. The van der Waals surface area contributed by atoms with Crippen LogP contribution in [0.3, 0.4) is 0 Å². The Morgan fingerprint density at radius 3 is 2.38 bits per heavy atom. The molecule has 39 heavy (non-hydrogen) atoms. The molecule has 0 aliphatic carbocycles. The standard InChI is InChI=1S/C22H24F7N7O3/c1-11(33-14-8-32-34-18(37)17(14)22(27,28)29)10-39-16-3-5-36(19(16)38)15-2-4-35(9-13(15)23)20-30-6-12(7-31-20)21(24,25)26/h6-8,11,13,15-16H,2-5,9-10H2,1H3,(H2,33,34,37)/t11?,13-,15+,16?/m1/s1. The fraction of sp³-hybridized carbons (Fsp3) is 0.591. The molecule has 0 spiro atoms. The van der Waals surface area contributed by atoms with Crippen LogP contribution < -0.4 is 15.8 Å². The monoisotopic (exact) mass is 567 g/mol. The molecule has 2 aromatic heterocycles. The highest BCUT2D eigenvalue weighted by Crippen LogP contribution is 2.32. The van der Waals surface area contributed by atoms with E-state index >= 15 is 4.39 Å². The maximum absolute atomic E-state index is 15.1. The molecule has 0 saturated carbocycles. The van der Waals surface area contributed by atoms with Crippen LogP contribution in [0.25, 0.3) is 0 Å². The molecule has 0 aromatic carbocycles. The summed E-state index contributed by atoms with van der Waals surface area (Å²) in [6.07, 6.45) is -9.49. The molecule has 10 nitrogen and oxygen atoms in total. The molecule has 0 radical (unpaired) electrons. The van der Waals surface area contributed by atoms with Gasteiger partial charge in [-0.2, -0.15) is 31.4 Å². The third-order valence-corrected chi connectivity index (χ3v) is 6.44. The Bertz CT molecular complexity index is 1220. The molecule has 17 heteroatoms. The summed E-state index contributed by atoms with van der Waals surface area (Å²) in [6.45, 7) is 1.49. The van der Waals surface area contributed by atoms with Gasteiger partial charge < -0.3 is 19.9 Å². The number of aromatic nitrogens is 4. The summed E-state index contributed by atoms with van der Waals surface area (Å²) in [4.78, 5) is 34.6. The van der Waals surface area contributed by atoms with E-state index in [1.54, 1.807) is 5.10 Å². The maximum atomic E-state index is 15.1. The number of rotatable bonds is 7. The van der Waals surface area contributed by atoms with E-state index in [4.69, 9.17) is 4.74 Å². The lowest BCUT2D eigenvalue weighted by atomic mass is 10.0. The largest absolute Gasteiger partial charge is 0.423 e. The summed E-state index contributed by atoms with van der Waals surface area (Å²) in [7, 11) is 0. The minimum Gasteiger partial charge on any atom is -0.378 e. The molecule has 214 valence electrons. The molecular formula is C22H24F7N7O3. The first-order valence-corrected chi connectivity index (χ1v) is 11.9. The van der Waals surface area contributed by atoms with Crippen LogP contribution >= 0.6 is 0 Å². The molecule has 1 amide bonds. The number of alkyl halides is 7. The highest BCUT2D eigenvalue weighted by atomic mass is 19.4. The van der Waals surface area contributed by atoms with E-state index in [-0.39, 0.29) is 45.0 Å². The van der Waals surface area contributed by atoms with Gasteiger partial charge in [-0.05, 0) is 13.3 Å². The number of piperidine rings is 1. The smallest absolute Gasteiger partial charge is 0.378 e. The summed E-state index contributed by atoms with van der Waals surface area (Å²) in [6, 6.07) is -1.53. The van der Waals surface area contributed by atoms with Crippen molar-refractivity contribution in [2.24, 2.45) is 0 Å². The Hall–Kier alpha value is -3.50. The topological polar surface area (TPSA) is 116 Å². The number of H-pyrrole nitrogens is 1. The van der Waals surface area contributed by atoms with Gasteiger partial charge in [0.15, 0.2) is 0 Å². The van der Waals surface area contributed by atoms with Gasteiger partial charge in [-0.25, -0.2) is 19.5 Å². The van der Waals surface area contributed by atoms with Crippen LogP contribution in [0.15, 0.2) is 23.4 Å². The number of amides is 1. The molecule has 4 heterocycles. The lowest BCUT2D eigenvalue weighted by molar-refractivity contribution is -0.140. The van der Waals surface area contributed by atoms with Gasteiger partial charge >= 0.3 is 12.4 Å². The highest BCUT2D eigenvalue weighted by Gasteiger charge is 2.43. The summed E-state index contributed by atoms with van der Waals surface area (Å²) in [5, 5.41) is 7.63. The Balaban J connectivity index is 1.30. The Labute approximate surface area is 216 Å². The number of nitrogens with zero attached hydrogens (tertiary/aromatic N) is 5. The Morgan fingerprint density at radius 1 is 1.08 bits per heavy atom. The average Bonchev–Trinajstić information content (AvgIpc) is 3.21. The number of likely N-dealkylation sites (tertiary alicyclic amines) is 1. The molecule has 0 bridgehead atoms. The molecule has 2 unspecified atom stereocenters. The zero-order chi connectivity index (χ0) is 28.5. The molecular weight excluding hydrogens is 543 g/mol. The number of hydrogen-bond donors (Lipinski definition) is 2. The molecule has 2 N–H and O–H groups in total. The summed E-state index contributed by atoms with van der Waals surface area (Å²) < 4.78 is 98.5. The van der Waals surface area contributed by atoms with E-state index in [0.717, 1.165) is 6.20 Å². The Morgan fingerprint density at radius 2 is 1.77 bits per heavy atom. The van der Waals surface area contributed by atoms with E-state index in [1.807, 2.05) is 0 Å². The molecule has 4 rings (SSSR count). The van der Waals surface area contributed by atoms with E-state index in [0.29, 0.717) is 12.4 Å².